The number of carbonyl (C=O) groups excluding carboxylic acids is 3. The maximum absolute atomic E-state index is 13.6. The van der Waals surface area contributed by atoms with Gasteiger partial charge in [-0.15, -0.1) is 0 Å². The molecule has 4 heterocycles. The zero-order chi connectivity index (χ0) is 24.9. The van der Waals surface area contributed by atoms with Crippen LogP contribution in [0, 0.1) is 17.8 Å². The van der Waals surface area contributed by atoms with Gasteiger partial charge in [0.2, 0.25) is 11.8 Å². The third-order valence-electron chi connectivity index (χ3n) is 8.24. The SMILES string of the molecule is CCn1nccc1C(=O)N[C@H](C(=O)Nc1cc2c(cn1)C1(CCOCC1)C(=O)N2)C(C1CC1)C1CC1. The molecule has 3 fully saturated rings. The summed E-state index contributed by atoms with van der Waals surface area (Å²) < 4.78 is 7.10. The molecule has 2 aliphatic carbocycles. The Bertz CT molecular complexity index is 1180. The minimum Gasteiger partial charge on any atom is -0.381 e. The van der Waals surface area contributed by atoms with Crippen LogP contribution < -0.4 is 16.0 Å². The average Bonchev–Trinajstić information content (AvgIpc) is 3.82. The molecule has 3 amide bonds. The van der Waals surface area contributed by atoms with Crippen molar-refractivity contribution in [3.8, 4) is 0 Å². The third kappa shape index (κ3) is 4.07. The highest BCUT2D eigenvalue weighted by molar-refractivity contribution is 6.07. The maximum Gasteiger partial charge on any atom is 0.270 e. The van der Waals surface area contributed by atoms with E-state index < -0.39 is 11.5 Å². The number of nitrogens with zero attached hydrogens (tertiary/aromatic N) is 3. The monoisotopic (exact) mass is 492 g/mol. The van der Waals surface area contributed by atoms with E-state index in [1.165, 1.54) is 0 Å². The molecule has 0 aromatic carbocycles. The van der Waals surface area contributed by atoms with Gasteiger partial charge in [-0.25, -0.2) is 4.98 Å². The number of pyridine rings is 1. The van der Waals surface area contributed by atoms with Gasteiger partial charge in [0.15, 0.2) is 0 Å². The predicted molar refractivity (Wildman–Crippen MR) is 131 cm³/mol. The lowest BCUT2D eigenvalue weighted by molar-refractivity contribution is -0.124. The standard InChI is InChI=1S/C26H32N6O4/c1-2-32-19(7-10-28-32)23(33)31-22(21(15-3-4-15)16-5-6-16)24(34)30-20-13-18-17(14-27-20)26(25(35)29-18)8-11-36-12-9-26/h7,10,13-16,21-22H,2-6,8-9,11-12H2,1H3,(H,29,35)(H,31,33)(H,27,30,34)/t22-/m0/s1. The summed E-state index contributed by atoms with van der Waals surface area (Å²) in [5, 5.41) is 13.2. The predicted octanol–water partition coefficient (Wildman–Crippen LogP) is 2.47. The van der Waals surface area contributed by atoms with E-state index >= 15 is 0 Å². The summed E-state index contributed by atoms with van der Waals surface area (Å²) in [5.74, 6) is 0.767. The van der Waals surface area contributed by atoms with Crippen molar-refractivity contribution in [1.82, 2.24) is 20.1 Å². The van der Waals surface area contributed by atoms with Gasteiger partial charge in [0.25, 0.3) is 5.91 Å². The highest BCUT2D eigenvalue weighted by Crippen LogP contribution is 2.51. The lowest BCUT2D eigenvalue weighted by Gasteiger charge is -2.31. The summed E-state index contributed by atoms with van der Waals surface area (Å²) in [7, 11) is 0. The van der Waals surface area contributed by atoms with E-state index in [0.717, 1.165) is 31.2 Å². The summed E-state index contributed by atoms with van der Waals surface area (Å²) in [6.45, 7) is 3.56. The first-order chi connectivity index (χ1) is 17.5. The van der Waals surface area contributed by atoms with Gasteiger partial charge in [-0.1, -0.05) is 0 Å². The molecule has 4 aliphatic rings. The molecule has 0 radical (unpaired) electrons. The Labute approximate surface area is 209 Å². The van der Waals surface area contributed by atoms with Crippen LogP contribution in [0.1, 0.15) is 61.5 Å². The highest BCUT2D eigenvalue weighted by Gasteiger charge is 2.50. The van der Waals surface area contributed by atoms with Crippen molar-refractivity contribution < 1.29 is 19.1 Å². The number of aryl methyl sites for hydroxylation is 1. The molecule has 3 N–H and O–H groups in total. The van der Waals surface area contributed by atoms with Crippen LogP contribution in [0.15, 0.2) is 24.5 Å². The second-order valence-electron chi connectivity index (χ2n) is 10.5. The number of aromatic nitrogens is 3. The first kappa shape index (κ1) is 23.1. The Morgan fingerprint density at radius 2 is 1.94 bits per heavy atom. The van der Waals surface area contributed by atoms with Gasteiger partial charge < -0.3 is 20.7 Å². The van der Waals surface area contributed by atoms with Gasteiger partial charge in [-0.05, 0) is 69.3 Å². The number of rotatable bonds is 8. The van der Waals surface area contributed by atoms with Gasteiger partial charge in [0, 0.05) is 43.8 Å². The minimum atomic E-state index is -0.663. The molecule has 2 aromatic heterocycles. The molecule has 2 saturated carbocycles. The molecule has 2 aliphatic heterocycles. The minimum absolute atomic E-state index is 0.0358. The van der Waals surface area contributed by atoms with Crippen molar-refractivity contribution in [3.05, 3.63) is 35.8 Å². The smallest absolute Gasteiger partial charge is 0.270 e. The molecule has 36 heavy (non-hydrogen) atoms. The highest BCUT2D eigenvalue weighted by atomic mass is 16.5. The number of carbonyl (C=O) groups is 3. The van der Waals surface area contributed by atoms with Crippen molar-refractivity contribution in [3.63, 3.8) is 0 Å². The fourth-order valence-electron chi connectivity index (χ4n) is 6.01. The molecule has 190 valence electrons. The van der Waals surface area contributed by atoms with Gasteiger partial charge in [0.1, 0.15) is 17.6 Å². The quantitative estimate of drug-likeness (QED) is 0.520. The van der Waals surface area contributed by atoms with Crippen molar-refractivity contribution in [1.29, 1.82) is 0 Å². The lowest BCUT2D eigenvalue weighted by Crippen LogP contribution is -2.50. The van der Waals surface area contributed by atoms with Gasteiger partial charge >= 0.3 is 0 Å². The number of amides is 3. The third-order valence-corrected chi connectivity index (χ3v) is 8.24. The van der Waals surface area contributed by atoms with Crippen LogP contribution in [-0.4, -0.2) is 51.7 Å². The number of ether oxygens (including phenoxy) is 1. The molecule has 1 atom stereocenters. The molecule has 10 heteroatoms. The zero-order valence-electron chi connectivity index (χ0n) is 20.5. The topological polar surface area (TPSA) is 127 Å². The Balaban J connectivity index is 1.24. The van der Waals surface area contributed by atoms with Crippen molar-refractivity contribution in [2.24, 2.45) is 17.8 Å². The zero-order valence-corrected chi connectivity index (χ0v) is 20.5. The van der Waals surface area contributed by atoms with Gasteiger partial charge in [-0.3, -0.25) is 19.1 Å². The van der Waals surface area contributed by atoms with Gasteiger partial charge in [0.05, 0.1) is 11.1 Å². The molecular formula is C26H32N6O4. The van der Waals surface area contributed by atoms with Crippen molar-refractivity contribution >= 4 is 29.2 Å². The van der Waals surface area contributed by atoms with E-state index in [-0.39, 0.29) is 23.6 Å². The summed E-state index contributed by atoms with van der Waals surface area (Å²) in [4.78, 5) is 44.2. The summed E-state index contributed by atoms with van der Waals surface area (Å²) in [6, 6.07) is 2.74. The molecule has 6 rings (SSSR count). The maximum atomic E-state index is 13.6. The molecule has 2 aromatic rings. The average molecular weight is 493 g/mol. The summed E-state index contributed by atoms with van der Waals surface area (Å²) in [6.07, 6.45) is 8.87. The fourth-order valence-corrected chi connectivity index (χ4v) is 6.01. The molecule has 0 unspecified atom stereocenters. The Kier molecular flexibility index (Phi) is 5.78. The van der Waals surface area contributed by atoms with Crippen LogP contribution in [-0.2, 0) is 26.3 Å². The molecule has 1 spiro atoms. The first-order valence-electron chi connectivity index (χ1n) is 13.0. The second kappa shape index (κ2) is 8.99. The van der Waals surface area contributed by atoms with E-state index in [2.05, 4.69) is 26.0 Å². The second-order valence-corrected chi connectivity index (χ2v) is 10.5. The van der Waals surface area contributed by atoms with Crippen molar-refractivity contribution in [2.75, 3.05) is 23.8 Å². The van der Waals surface area contributed by atoms with Crippen LogP contribution in [0.4, 0.5) is 11.5 Å². The van der Waals surface area contributed by atoms with Gasteiger partial charge in [-0.2, -0.15) is 5.10 Å². The van der Waals surface area contributed by atoms with E-state index in [1.807, 2.05) is 6.92 Å². The molecular weight excluding hydrogens is 460 g/mol. The van der Waals surface area contributed by atoms with E-state index in [0.29, 0.717) is 61.6 Å². The molecule has 0 bridgehead atoms. The van der Waals surface area contributed by atoms with Crippen LogP contribution in [0.3, 0.4) is 0 Å². The van der Waals surface area contributed by atoms with E-state index in [9.17, 15) is 14.4 Å². The van der Waals surface area contributed by atoms with Crippen LogP contribution in [0.2, 0.25) is 0 Å². The summed E-state index contributed by atoms with van der Waals surface area (Å²) >= 11 is 0. The number of hydrogen-bond acceptors (Lipinski definition) is 6. The summed E-state index contributed by atoms with van der Waals surface area (Å²) in [5.41, 5.74) is 1.38. The largest absolute Gasteiger partial charge is 0.381 e. The number of anilines is 2. The number of nitrogens with one attached hydrogen (secondary N) is 3. The Hall–Kier alpha value is -3.27. The van der Waals surface area contributed by atoms with Crippen molar-refractivity contribution in [2.45, 2.75) is 63.5 Å². The number of fused-ring (bicyclic) bond motifs is 2. The van der Waals surface area contributed by atoms with E-state index in [1.54, 1.807) is 29.2 Å². The molecule has 1 saturated heterocycles. The lowest BCUT2D eigenvalue weighted by atomic mass is 9.76. The number of hydrogen-bond donors (Lipinski definition) is 3. The van der Waals surface area contributed by atoms with Crippen LogP contribution >= 0.6 is 0 Å². The Morgan fingerprint density at radius 1 is 1.22 bits per heavy atom. The fraction of sp³-hybridized carbons (Fsp3) is 0.577. The van der Waals surface area contributed by atoms with E-state index in [4.69, 9.17) is 4.74 Å². The first-order valence-corrected chi connectivity index (χ1v) is 13.0. The Morgan fingerprint density at radius 3 is 2.61 bits per heavy atom. The normalized spacial score (nSPS) is 21.2. The van der Waals surface area contributed by atoms with Crippen LogP contribution in [0.25, 0.3) is 0 Å². The van der Waals surface area contributed by atoms with Crippen LogP contribution in [0.5, 0.6) is 0 Å². The molecule has 10 nitrogen and oxygen atoms in total.